The zero-order valence-corrected chi connectivity index (χ0v) is 13.0. The summed E-state index contributed by atoms with van der Waals surface area (Å²) >= 11 is 0. The maximum atomic E-state index is 12.5. The molecule has 120 valence electrons. The smallest absolute Gasteiger partial charge is 0.257 e. The zero-order valence-electron chi connectivity index (χ0n) is 13.0. The van der Waals surface area contributed by atoms with Crippen molar-refractivity contribution in [2.24, 2.45) is 0 Å². The van der Waals surface area contributed by atoms with E-state index < -0.39 is 6.10 Å². The Bertz CT molecular complexity index is 412. The van der Waals surface area contributed by atoms with Crippen LogP contribution in [0.2, 0.25) is 0 Å². The maximum absolute atomic E-state index is 12.5. The third kappa shape index (κ3) is 5.85. The molecular weight excluding hydrogens is 270 g/mol. The average molecular weight is 297 g/mol. The standard InChI is InChI=1S/C15H27N3O3/c1-3-5-7-17(8-6-4-2)15(21)13-9-16-18(10-13)11-14(20)12-19/h9-10,14,19-20H,3-8,11-12H2,1-2H3/t14-/m1/s1. The van der Waals surface area contributed by atoms with E-state index in [2.05, 4.69) is 18.9 Å². The summed E-state index contributed by atoms with van der Waals surface area (Å²) in [5, 5.41) is 22.3. The molecule has 0 radical (unpaired) electrons. The molecule has 0 aliphatic rings. The van der Waals surface area contributed by atoms with Crippen molar-refractivity contribution in [1.82, 2.24) is 14.7 Å². The Morgan fingerprint density at radius 2 is 1.95 bits per heavy atom. The molecule has 0 saturated heterocycles. The van der Waals surface area contributed by atoms with Gasteiger partial charge in [0.05, 0.1) is 31.0 Å². The van der Waals surface area contributed by atoms with Crippen LogP contribution in [0.15, 0.2) is 12.4 Å². The summed E-state index contributed by atoms with van der Waals surface area (Å²) in [6.45, 7) is 5.61. The minimum Gasteiger partial charge on any atom is -0.394 e. The number of aromatic nitrogens is 2. The average Bonchev–Trinajstić information content (AvgIpc) is 2.95. The Morgan fingerprint density at radius 3 is 2.48 bits per heavy atom. The summed E-state index contributed by atoms with van der Waals surface area (Å²) in [5.41, 5.74) is 0.535. The van der Waals surface area contributed by atoms with Gasteiger partial charge < -0.3 is 15.1 Å². The van der Waals surface area contributed by atoms with Crippen LogP contribution in [0, 0.1) is 0 Å². The highest BCUT2D eigenvalue weighted by Crippen LogP contribution is 2.08. The highest BCUT2D eigenvalue weighted by molar-refractivity contribution is 5.93. The van der Waals surface area contributed by atoms with Gasteiger partial charge in [-0.15, -0.1) is 0 Å². The Kier molecular flexibility index (Phi) is 8.00. The Hall–Kier alpha value is -1.40. The van der Waals surface area contributed by atoms with Crippen LogP contribution in [0.4, 0.5) is 0 Å². The van der Waals surface area contributed by atoms with Crippen LogP contribution in [0.1, 0.15) is 49.9 Å². The molecule has 0 fully saturated rings. The van der Waals surface area contributed by atoms with E-state index in [9.17, 15) is 9.90 Å². The summed E-state index contributed by atoms with van der Waals surface area (Å²) < 4.78 is 1.49. The molecule has 6 heteroatoms. The molecule has 1 rings (SSSR count). The fourth-order valence-electron chi connectivity index (χ4n) is 2.04. The Balaban J connectivity index is 2.68. The molecule has 1 heterocycles. The molecule has 2 N–H and O–H groups in total. The van der Waals surface area contributed by atoms with Gasteiger partial charge in [0.15, 0.2) is 0 Å². The molecule has 1 aromatic heterocycles. The van der Waals surface area contributed by atoms with Crippen LogP contribution < -0.4 is 0 Å². The predicted octanol–water partition coefficient (Wildman–Crippen LogP) is 1.28. The first-order valence-electron chi connectivity index (χ1n) is 7.73. The molecule has 0 bridgehead atoms. The highest BCUT2D eigenvalue weighted by Gasteiger charge is 2.17. The number of aliphatic hydroxyl groups is 2. The van der Waals surface area contributed by atoms with E-state index in [1.54, 1.807) is 6.20 Å². The number of carbonyl (C=O) groups excluding carboxylic acids is 1. The van der Waals surface area contributed by atoms with Crippen molar-refractivity contribution in [2.75, 3.05) is 19.7 Å². The van der Waals surface area contributed by atoms with E-state index in [-0.39, 0.29) is 19.1 Å². The molecule has 0 unspecified atom stereocenters. The first kappa shape index (κ1) is 17.7. The molecule has 0 spiro atoms. The first-order valence-corrected chi connectivity index (χ1v) is 7.73. The third-order valence-corrected chi connectivity index (χ3v) is 3.34. The molecule has 0 aromatic carbocycles. The summed E-state index contributed by atoms with van der Waals surface area (Å²) in [4.78, 5) is 14.4. The second kappa shape index (κ2) is 9.52. The summed E-state index contributed by atoms with van der Waals surface area (Å²) in [5.74, 6) is -0.0124. The number of carbonyl (C=O) groups is 1. The van der Waals surface area contributed by atoms with E-state index in [1.165, 1.54) is 10.9 Å². The molecule has 1 aromatic rings. The first-order chi connectivity index (χ1) is 10.1. The second-order valence-corrected chi connectivity index (χ2v) is 5.29. The number of amides is 1. The molecule has 1 amide bonds. The van der Waals surface area contributed by atoms with Crippen LogP contribution in [-0.2, 0) is 6.54 Å². The van der Waals surface area contributed by atoms with Crippen molar-refractivity contribution in [3.63, 3.8) is 0 Å². The number of rotatable bonds is 10. The summed E-state index contributed by atoms with van der Waals surface area (Å²) in [6, 6.07) is 0. The van der Waals surface area contributed by atoms with Crippen LogP contribution in [0.3, 0.4) is 0 Å². The third-order valence-electron chi connectivity index (χ3n) is 3.34. The summed E-state index contributed by atoms with van der Waals surface area (Å²) in [7, 11) is 0. The second-order valence-electron chi connectivity index (χ2n) is 5.29. The van der Waals surface area contributed by atoms with Gasteiger partial charge in [-0.2, -0.15) is 5.10 Å². The molecule has 1 atom stereocenters. The lowest BCUT2D eigenvalue weighted by atomic mass is 10.2. The normalized spacial score (nSPS) is 12.4. The van der Waals surface area contributed by atoms with Crippen molar-refractivity contribution >= 4 is 5.91 Å². The zero-order chi connectivity index (χ0) is 15.7. The van der Waals surface area contributed by atoms with Gasteiger partial charge in [0.25, 0.3) is 5.91 Å². The van der Waals surface area contributed by atoms with E-state index in [0.717, 1.165) is 38.8 Å². The molecule has 0 aliphatic heterocycles. The fourth-order valence-corrected chi connectivity index (χ4v) is 2.04. The molecule has 21 heavy (non-hydrogen) atoms. The summed E-state index contributed by atoms with van der Waals surface area (Å²) in [6.07, 6.45) is 6.39. The maximum Gasteiger partial charge on any atom is 0.257 e. The molecule has 0 saturated carbocycles. The van der Waals surface area contributed by atoms with E-state index >= 15 is 0 Å². The van der Waals surface area contributed by atoms with Gasteiger partial charge in [-0.05, 0) is 12.8 Å². The van der Waals surface area contributed by atoms with Crippen LogP contribution in [-0.4, -0.2) is 56.6 Å². The van der Waals surface area contributed by atoms with Gasteiger partial charge in [0.2, 0.25) is 0 Å². The molecule has 6 nitrogen and oxygen atoms in total. The molecular formula is C15H27N3O3. The topological polar surface area (TPSA) is 78.6 Å². The SMILES string of the molecule is CCCCN(CCCC)C(=O)c1cnn(C[C@@H](O)CO)c1. The number of nitrogens with zero attached hydrogens (tertiary/aromatic N) is 3. The van der Waals surface area contributed by atoms with Gasteiger partial charge >= 0.3 is 0 Å². The monoisotopic (exact) mass is 297 g/mol. The molecule has 0 aliphatic carbocycles. The quantitative estimate of drug-likeness (QED) is 0.682. The number of unbranched alkanes of at least 4 members (excludes halogenated alkanes) is 2. The van der Waals surface area contributed by atoms with E-state index in [0.29, 0.717) is 5.56 Å². The predicted molar refractivity (Wildman–Crippen MR) is 81.0 cm³/mol. The van der Waals surface area contributed by atoms with Crippen molar-refractivity contribution in [1.29, 1.82) is 0 Å². The minimum atomic E-state index is -0.857. The van der Waals surface area contributed by atoms with Crippen LogP contribution in [0.5, 0.6) is 0 Å². The van der Waals surface area contributed by atoms with Gasteiger partial charge in [0.1, 0.15) is 0 Å². The fraction of sp³-hybridized carbons (Fsp3) is 0.733. The van der Waals surface area contributed by atoms with Crippen molar-refractivity contribution in [2.45, 2.75) is 52.2 Å². The van der Waals surface area contributed by atoms with Crippen molar-refractivity contribution < 1.29 is 15.0 Å². The lowest BCUT2D eigenvalue weighted by Gasteiger charge is -2.21. The lowest BCUT2D eigenvalue weighted by Crippen LogP contribution is -2.32. The number of hydrogen-bond acceptors (Lipinski definition) is 4. The van der Waals surface area contributed by atoms with Gasteiger partial charge in [-0.25, -0.2) is 0 Å². The minimum absolute atomic E-state index is 0.0124. The number of aliphatic hydroxyl groups excluding tert-OH is 2. The van der Waals surface area contributed by atoms with Gasteiger partial charge in [-0.3, -0.25) is 9.48 Å². The largest absolute Gasteiger partial charge is 0.394 e. The Morgan fingerprint density at radius 1 is 1.33 bits per heavy atom. The highest BCUT2D eigenvalue weighted by atomic mass is 16.3. The van der Waals surface area contributed by atoms with Crippen molar-refractivity contribution in [3.05, 3.63) is 18.0 Å². The van der Waals surface area contributed by atoms with Crippen LogP contribution >= 0.6 is 0 Å². The van der Waals surface area contributed by atoms with E-state index in [4.69, 9.17) is 5.11 Å². The van der Waals surface area contributed by atoms with Crippen LogP contribution in [0.25, 0.3) is 0 Å². The van der Waals surface area contributed by atoms with Crippen molar-refractivity contribution in [3.8, 4) is 0 Å². The van der Waals surface area contributed by atoms with Gasteiger partial charge in [0, 0.05) is 19.3 Å². The lowest BCUT2D eigenvalue weighted by molar-refractivity contribution is 0.0745. The van der Waals surface area contributed by atoms with E-state index in [1.807, 2.05) is 4.90 Å². The number of hydrogen-bond donors (Lipinski definition) is 2. The van der Waals surface area contributed by atoms with Gasteiger partial charge in [-0.1, -0.05) is 26.7 Å². The Labute approximate surface area is 126 Å².